The lowest BCUT2D eigenvalue weighted by Gasteiger charge is -2.25. The molecule has 3 N–H and O–H groups in total. The lowest BCUT2D eigenvalue weighted by molar-refractivity contribution is 0.320. The molecule has 0 aliphatic heterocycles. The second-order valence-electron chi connectivity index (χ2n) is 6.26. The highest BCUT2D eigenvalue weighted by atomic mass is 32.2. The molecule has 120 valence electrons. The molecule has 0 bridgehead atoms. The largest absolute Gasteiger partial charge is 0.326 e. The first-order chi connectivity index (χ1) is 9.82. The van der Waals surface area contributed by atoms with Crippen molar-refractivity contribution in [1.29, 1.82) is 0 Å². The standard InChI is InChI=1S/C16H28N2O2S/c1-4-5-8-11-16(2,3)13-18-21(19,20)15-10-7-6-9-14(15)12-17/h6-7,9-10,18H,4-5,8,11-13,17H2,1-3H3. The molecule has 0 heterocycles. The van der Waals surface area contributed by atoms with Crippen LogP contribution in [0.1, 0.15) is 52.0 Å². The van der Waals surface area contributed by atoms with Crippen LogP contribution in [-0.4, -0.2) is 15.0 Å². The van der Waals surface area contributed by atoms with E-state index in [0.29, 0.717) is 12.1 Å². The predicted octanol–water partition coefficient (Wildman–Crippen LogP) is 3.03. The molecular weight excluding hydrogens is 284 g/mol. The number of benzene rings is 1. The molecule has 0 amide bonds. The van der Waals surface area contributed by atoms with Crippen LogP contribution in [0.5, 0.6) is 0 Å². The molecule has 0 radical (unpaired) electrons. The molecule has 1 rings (SSSR count). The summed E-state index contributed by atoms with van der Waals surface area (Å²) in [6, 6.07) is 6.88. The van der Waals surface area contributed by atoms with E-state index in [1.54, 1.807) is 24.3 Å². The van der Waals surface area contributed by atoms with Crippen LogP contribution in [-0.2, 0) is 16.6 Å². The monoisotopic (exact) mass is 312 g/mol. The first kappa shape index (κ1) is 18.1. The van der Waals surface area contributed by atoms with Gasteiger partial charge in [-0.3, -0.25) is 0 Å². The van der Waals surface area contributed by atoms with E-state index in [0.717, 1.165) is 12.8 Å². The van der Waals surface area contributed by atoms with Gasteiger partial charge in [-0.05, 0) is 23.5 Å². The summed E-state index contributed by atoms with van der Waals surface area (Å²) < 4.78 is 27.6. The van der Waals surface area contributed by atoms with Gasteiger partial charge in [0.15, 0.2) is 0 Å². The molecule has 0 aliphatic carbocycles. The third-order valence-corrected chi connectivity index (χ3v) is 5.18. The fraction of sp³-hybridized carbons (Fsp3) is 0.625. The van der Waals surface area contributed by atoms with Gasteiger partial charge in [-0.2, -0.15) is 0 Å². The minimum absolute atomic E-state index is 0.0418. The summed E-state index contributed by atoms with van der Waals surface area (Å²) in [4.78, 5) is 0.289. The third-order valence-electron chi connectivity index (χ3n) is 3.68. The van der Waals surface area contributed by atoms with Crippen LogP contribution in [0.2, 0.25) is 0 Å². The summed E-state index contributed by atoms with van der Waals surface area (Å²) in [5.74, 6) is 0. The van der Waals surface area contributed by atoms with Gasteiger partial charge in [0, 0.05) is 13.1 Å². The second-order valence-corrected chi connectivity index (χ2v) is 7.99. The van der Waals surface area contributed by atoms with Crippen molar-refractivity contribution in [3.05, 3.63) is 29.8 Å². The maximum atomic E-state index is 12.4. The van der Waals surface area contributed by atoms with Crippen molar-refractivity contribution in [2.75, 3.05) is 6.54 Å². The summed E-state index contributed by atoms with van der Waals surface area (Å²) in [5.41, 5.74) is 6.22. The van der Waals surface area contributed by atoms with Gasteiger partial charge < -0.3 is 5.73 Å². The molecular formula is C16H28N2O2S. The number of rotatable bonds is 9. The van der Waals surface area contributed by atoms with Crippen LogP contribution in [0.3, 0.4) is 0 Å². The van der Waals surface area contributed by atoms with Crippen LogP contribution in [0.4, 0.5) is 0 Å². The summed E-state index contributed by atoms with van der Waals surface area (Å²) in [5, 5.41) is 0. The minimum atomic E-state index is -3.50. The van der Waals surface area contributed by atoms with Gasteiger partial charge in [-0.1, -0.05) is 58.2 Å². The lowest BCUT2D eigenvalue weighted by Crippen LogP contribution is -2.34. The van der Waals surface area contributed by atoms with Gasteiger partial charge in [0.25, 0.3) is 0 Å². The maximum Gasteiger partial charge on any atom is 0.240 e. The molecule has 0 fully saturated rings. The van der Waals surface area contributed by atoms with Gasteiger partial charge in [0.2, 0.25) is 10.0 Å². The lowest BCUT2D eigenvalue weighted by atomic mass is 9.87. The Morgan fingerprint density at radius 3 is 2.48 bits per heavy atom. The van der Waals surface area contributed by atoms with E-state index < -0.39 is 10.0 Å². The molecule has 4 nitrogen and oxygen atoms in total. The fourth-order valence-corrected chi connectivity index (χ4v) is 3.74. The van der Waals surface area contributed by atoms with Crippen molar-refractivity contribution >= 4 is 10.0 Å². The van der Waals surface area contributed by atoms with Gasteiger partial charge in [0.05, 0.1) is 4.90 Å². The number of sulfonamides is 1. The fourth-order valence-electron chi connectivity index (χ4n) is 2.24. The molecule has 0 atom stereocenters. The SMILES string of the molecule is CCCCCC(C)(C)CNS(=O)(=O)c1ccccc1CN. The average molecular weight is 312 g/mol. The highest BCUT2D eigenvalue weighted by Crippen LogP contribution is 2.24. The van der Waals surface area contributed by atoms with E-state index in [2.05, 4.69) is 25.5 Å². The first-order valence-electron chi connectivity index (χ1n) is 7.60. The number of nitrogens with one attached hydrogen (secondary N) is 1. The zero-order chi connectivity index (χ0) is 15.9. The van der Waals surface area contributed by atoms with E-state index in [4.69, 9.17) is 5.73 Å². The molecule has 0 saturated carbocycles. The van der Waals surface area contributed by atoms with Gasteiger partial charge in [-0.15, -0.1) is 0 Å². The molecule has 0 aliphatic rings. The molecule has 5 heteroatoms. The summed E-state index contributed by atoms with van der Waals surface area (Å²) in [7, 11) is -3.50. The van der Waals surface area contributed by atoms with E-state index in [-0.39, 0.29) is 16.9 Å². The highest BCUT2D eigenvalue weighted by Gasteiger charge is 2.23. The van der Waals surface area contributed by atoms with Crippen LogP contribution in [0.25, 0.3) is 0 Å². The Morgan fingerprint density at radius 1 is 1.19 bits per heavy atom. The number of hydrogen-bond acceptors (Lipinski definition) is 3. The number of unbranched alkanes of at least 4 members (excludes halogenated alkanes) is 2. The summed E-state index contributed by atoms with van der Waals surface area (Å²) in [6.45, 7) is 7.02. The van der Waals surface area contributed by atoms with Crippen molar-refractivity contribution < 1.29 is 8.42 Å². The quantitative estimate of drug-likeness (QED) is 0.688. The predicted molar refractivity (Wildman–Crippen MR) is 87.4 cm³/mol. The van der Waals surface area contributed by atoms with Crippen molar-refractivity contribution in [2.24, 2.45) is 11.1 Å². The van der Waals surface area contributed by atoms with Gasteiger partial charge >= 0.3 is 0 Å². The number of hydrogen-bond donors (Lipinski definition) is 2. The van der Waals surface area contributed by atoms with E-state index >= 15 is 0 Å². The Kier molecular flexibility index (Phi) is 6.84. The van der Waals surface area contributed by atoms with E-state index in [1.165, 1.54) is 12.8 Å². The minimum Gasteiger partial charge on any atom is -0.326 e. The molecule has 21 heavy (non-hydrogen) atoms. The first-order valence-corrected chi connectivity index (χ1v) is 9.08. The van der Waals surface area contributed by atoms with E-state index in [1.807, 2.05) is 0 Å². The molecule has 1 aromatic rings. The van der Waals surface area contributed by atoms with Crippen molar-refractivity contribution in [1.82, 2.24) is 4.72 Å². The van der Waals surface area contributed by atoms with Crippen LogP contribution in [0, 0.1) is 5.41 Å². The van der Waals surface area contributed by atoms with E-state index in [9.17, 15) is 8.42 Å². The van der Waals surface area contributed by atoms with Crippen molar-refractivity contribution in [3.63, 3.8) is 0 Å². The topological polar surface area (TPSA) is 72.2 Å². The maximum absolute atomic E-state index is 12.4. The Labute approximate surface area is 129 Å². The zero-order valence-electron chi connectivity index (χ0n) is 13.4. The molecule has 0 spiro atoms. The molecule has 0 unspecified atom stereocenters. The Bertz CT molecular complexity index is 539. The normalized spacial score (nSPS) is 12.6. The highest BCUT2D eigenvalue weighted by molar-refractivity contribution is 7.89. The Balaban J connectivity index is 2.72. The van der Waals surface area contributed by atoms with Gasteiger partial charge in [0.1, 0.15) is 0 Å². The smallest absolute Gasteiger partial charge is 0.240 e. The van der Waals surface area contributed by atoms with Crippen molar-refractivity contribution in [2.45, 2.75) is 57.9 Å². The van der Waals surface area contributed by atoms with Crippen molar-refractivity contribution in [3.8, 4) is 0 Å². The van der Waals surface area contributed by atoms with Crippen LogP contribution in [0.15, 0.2) is 29.2 Å². The number of nitrogens with two attached hydrogens (primary N) is 1. The van der Waals surface area contributed by atoms with Crippen LogP contribution < -0.4 is 10.5 Å². The molecule has 1 aromatic carbocycles. The second kappa shape index (κ2) is 7.92. The summed E-state index contributed by atoms with van der Waals surface area (Å²) in [6.07, 6.45) is 4.50. The summed E-state index contributed by atoms with van der Waals surface area (Å²) >= 11 is 0. The average Bonchev–Trinajstić information content (AvgIpc) is 2.45. The van der Waals surface area contributed by atoms with Gasteiger partial charge in [-0.25, -0.2) is 13.1 Å². The zero-order valence-corrected chi connectivity index (χ0v) is 14.2. The third kappa shape index (κ3) is 5.77. The molecule has 0 saturated heterocycles. The Hall–Kier alpha value is -0.910. The Morgan fingerprint density at radius 2 is 1.86 bits per heavy atom. The molecule has 0 aromatic heterocycles. The van der Waals surface area contributed by atoms with Crippen LogP contribution >= 0.6 is 0 Å².